The van der Waals surface area contributed by atoms with Gasteiger partial charge in [-0.25, -0.2) is 0 Å². The molecule has 0 bridgehead atoms. The number of halogens is 1. The van der Waals surface area contributed by atoms with E-state index in [1.807, 2.05) is 0 Å². The highest BCUT2D eigenvalue weighted by molar-refractivity contribution is 6.27. The van der Waals surface area contributed by atoms with E-state index in [0.717, 1.165) is 6.29 Å². The molecule has 0 saturated carbocycles. The standard InChI is InChI=1S/C6H10ClNO2/c1-5(2-3-9)8-6(10)4-7/h3,5H,2,4H2,1H3,(H,8,10). The van der Waals surface area contributed by atoms with Crippen molar-refractivity contribution in [1.29, 1.82) is 0 Å². The molecule has 0 spiro atoms. The lowest BCUT2D eigenvalue weighted by Crippen LogP contribution is -2.33. The number of carbonyl (C=O) groups is 2. The van der Waals surface area contributed by atoms with E-state index in [9.17, 15) is 9.59 Å². The van der Waals surface area contributed by atoms with Crippen molar-refractivity contribution in [1.82, 2.24) is 5.32 Å². The molecule has 3 nitrogen and oxygen atoms in total. The van der Waals surface area contributed by atoms with Crippen molar-refractivity contribution in [3.8, 4) is 0 Å². The van der Waals surface area contributed by atoms with Gasteiger partial charge in [0.1, 0.15) is 12.2 Å². The van der Waals surface area contributed by atoms with Gasteiger partial charge in [0.2, 0.25) is 5.91 Å². The average Bonchev–Trinajstić information content (AvgIpc) is 1.88. The maximum Gasteiger partial charge on any atom is 0.235 e. The molecular weight excluding hydrogens is 154 g/mol. The highest BCUT2D eigenvalue weighted by Crippen LogP contribution is 1.86. The molecule has 0 aromatic carbocycles. The van der Waals surface area contributed by atoms with Gasteiger partial charge >= 0.3 is 0 Å². The van der Waals surface area contributed by atoms with E-state index < -0.39 is 0 Å². The normalized spacial score (nSPS) is 12.2. The lowest BCUT2D eigenvalue weighted by Gasteiger charge is -2.07. The topological polar surface area (TPSA) is 46.2 Å². The first-order valence-electron chi connectivity index (χ1n) is 2.99. The van der Waals surface area contributed by atoms with Crippen molar-refractivity contribution >= 4 is 23.8 Å². The van der Waals surface area contributed by atoms with Gasteiger partial charge in [-0.2, -0.15) is 0 Å². The first-order valence-corrected chi connectivity index (χ1v) is 3.53. The van der Waals surface area contributed by atoms with Crippen LogP contribution >= 0.6 is 11.6 Å². The molecule has 0 saturated heterocycles. The van der Waals surface area contributed by atoms with Crippen LogP contribution in [-0.2, 0) is 9.59 Å². The molecule has 58 valence electrons. The van der Waals surface area contributed by atoms with Gasteiger partial charge in [-0.1, -0.05) is 0 Å². The first kappa shape index (κ1) is 9.43. The minimum atomic E-state index is -0.240. The number of nitrogens with one attached hydrogen (secondary N) is 1. The number of amides is 1. The molecule has 1 atom stereocenters. The molecular formula is C6H10ClNO2. The van der Waals surface area contributed by atoms with Crippen LogP contribution in [0.3, 0.4) is 0 Å². The Morgan fingerprint density at radius 3 is 2.80 bits per heavy atom. The average molecular weight is 164 g/mol. The molecule has 0 aliphatic carbocycles. The fourth-order valence-electron chi connectivity index (χ4n) is 0.517. The van der Waals surface area contributed by atoms with Crippen molar-refractivity contribution in [2.24, 2.45) is 0 Å². The molecule has 0 aromatic heterocycles. The van der Waals surface area contributed by atoms with Crippen LogP contribution in [0.15, 0.2) is 0 Å². The molecule has 0 aromatic rings. The third kappa shape index (κ3) is 4.32. The van der Waals surface area contributed by atoms with Crippen LogP contribution in [0.2, 0.25) is 0 Å². The van der Waals surface area contributed by atoms with Crippen LogP contribution in [0.5, 0.6) is 0 Å². The predicted octanol–water partition coefficient (Wildman–Crippen LogP) is 0.319. The van der Waals surface area contributed by atoms with Crippen molar-refractivity contribution in [2.45, 2.75) is 19.4 Å². The zero-order valence-electron chi connectivity index (χ0n) is 5.76. The Morgan fingerprint density at radius 1 is 1.80 bits per heavy atom. The molecule has 0 aliphatic rings. The summed E-state index contributed by atoms with van der Waals surface area (Å²) in [6.45, 7) is 1.75. The van der Waals surface area contributed by atoms with Crippen LogP contribution in [0.4, 0.5) is 0 Å². The number of hydrogen-bond donors (Lipinski definition) is 1. The minimum Gasteiger partial charge on any atom is -0.352 e. The Morgan fingerprint density at radius 2 is 2.40 bits per heavy atom. The van der Waals surface area contributed by atoms with Gasteiger partial charge in [0.15, 0.2) is 0 Å². The Balaban J connectivity index is 3.46. The van der Waals surface area contributed by atoms with Crippen LogP contribution in [0.1, 0.15) is 13.3 Å². The summed E-state index contributed by atoms with van der Waals surface area (Å²) in [4.78, 5) is 20.4. The van der Waals surface area contributed by atoms with Gasteiger partial charge in [0.25, 0.3) is 0 Å². The van der Waals surface area contributed by atoms with Gasteiger partial charge in [0, 0.05) is 12.5 Å². The van der Waals surface area contributed by atoms with Crippen molar-refractivity contribution in [2.75, 3.05) is 5.88 Å². The molecule has 1 unspecified atom stereocenters. The van der Waals surface area contributed by atoms with E-state index in [4.69, 9.17) is 11.6 Å². The van der Waals surface area contributed by atoms with Gasteiger partial charge in [0.05, 0.1) is 0 Å². The number of hydrogen-bond acceptors (Lipinski definition) is 2. The Labute approximate surface area is 64.7 Å². The quantitative estimate of drug-likeness (QED) is 0.479. The van der Waals surface area contributed by atoms with E-state index in [2.05, 4.69) is 5.32 Å². The summed E-state index contributed by atoms with van der Waals surface area (Å²) in [5.41, 5.74) is 0. The van der Waals surface area contributed by atoms with Crippen molar-refractivity contribution < 1.29 is 9.59 Å². The molecule has 0 aliphatic heterocycles. The summed E-state index contributed by atoms with van der Waals surface area (Å²) in [6.07, 6.45) is 1.10. The maximum absolute atomic E-state index is 10.5. The summed E-state index contributed by atoms with van der Waals surface area (Å²) in [6, 6.07) is -0.108. The third-order valence-corrected chi connectivity index (χ3v) is 1.22. The fraction of sp³-hybridized carbons (Fsp3) is 0.667. The fourth-order valence-corrected chi connectivity index (χ4v) is 0.594. The molecule has 0 fully saturated rings. The monoisotopic (exact) mass is 163 g/mol. The lowest BCUT2D eigenvalue weighted by molar-refractivity contribution is -0.119. The summed E-state index contributed by atoms with van der Waals surface area (Å²) in [5.74, 6) is -0.292. The van der Waals surface area contributed by atoms with Crippen LogP contribution in [0.25, 0.3) is 0 Å². The van der Waals surface area contributed by atoms with Crippen LogP contribution < -0.4 is 5.32 Å². The second-order valence-corrected chi connectivity index (χ2v) is 2.27. The summed E-state index contributed by atoms with van der Waals surface area (Å²) in [5, 5.41) is 2.53. The number of rotatable bonds is 4. The molecule has 0 heterocycles. The molecule has 10 heavy (non-hydrogen) atoms. The lowest BCUT2D eigenvalue weighted by atomic mass is 10.2. The second kappa shape index (κ2) is 5.23. The molecule has 0 rings (SSSR count). The number of carbonyl (C=O) groups excluding carboxylic acids is 2. The van der Waals surface area contributed by atoms with E-state index in [0.29, 0.717) is 6.42 Å². The molecule has 1 N–H and O–H groups in total. The summed E-state index contributed by atoms with van der Waals surface area (Å²) < 4.78 is 0. The maximum atomic E-state index is 10.5. The number of aldehydes is 1. The third-order valence-electron chi connectivity index (χ3n) is 0.979. The van der Waals surface area contributed by atoms with Gasteiger partial charge in [-0.3, -0.25) is 4.79 Å². The zero-order valence-corrected chi connectivity index (χ0v) is 6.52. The van der Waals surface area contributed by atoms with E-state index >= 15 is 0 Å². The van der Waals surface area contributed by atoms with E-state index in [1.165, 1.54) is 0 Å². The van der Waals surface area contributed by atoms with Crippen LogP contribution in [0, 0.1) is 0 Å². The van der Waals surface area contributed by atoms with Crippen molar-refractivity contribution in [3.05, 3.63) is 0 Å². The van der Waals surface area contributed by atoms with Gasteiger partial charge in [-0.15, -0.1) is 11.6 Å². The highest BCUT2D eigenvalue weighted by atomic mass is 35.5. The smallest absolute Gasteiger partial charge is 0.235 e. The Kier molecular flexibility index (Phi) is 4.94. The first-order chi connectivity index (χ1) is 4.70. The summed E-state index contributed by atoms with van der Waals surface area (Å²) in [7, 11) is 0. The Hall–Kier alpha value is -0.570. The van der Waals surface area contributed by atoms with Crippen LogP contribution in [-0.4, -0.2) is 24.1 Å². The van der Waals surface area contributed by atoms with Gasteiger partial charge in [-0.05, 0) is 6.92 Å². The van der Waals surface area contributed by atoms with Crippen molar-refractivity contribution in [3.63, 3.8) is 0 Å². The summed E-state index contributed by atoms with van der Waals surface area (Å²) >= 11 is 5.20. The molecule has 1 amide bonds. The largest absolute Gasteiger partial charge is 0.352 e. The second-order valence-electron chi connectivity index (χ2n) is 2.00. The van der Waals surface area contributed by atoms with Gasteiger partial charge < -0.3 is 10.1 Å². The number of alkyl halides is 1. The SMILES string of the molecule is CC(CC=O)NC(=O)CCl. The van der Waals surface area contributed by atoms with E-state index in [1.54, 1.807) is 6.92 Å². The molecule has 0 radical (unpaired) electrons. The van der Waals surface area contributed by atoms with E-state index in [-0.39, 0.29) is 17.8 Å². The predicted molar refractivity (Wildman–Crippen MR) is 39.0 cm³/mol. The Bertz CT molecular complexity index is 127. The molecule has 4 heteroatoms. The minimum absolute atomic E-state index is 0.0524. The zero-order chi connectivity index (χ0) is 7.98. The highest BCUT2D eigenvalue weighted by Gasteiger charge is 2.03.